The van der Waals surface area contributed by atoms with Crippen LogP contribution in [0.15, 0.2) is 0 Å². The lowest BCUT2D eigenvalue weighted by Crippen LogP contribution is -2.31. The first kappa shape index (κ1) is 16.2. The van der Waals surface area contributed by atoms with Gasteiger partial charge < -0.3 is 5.32 Å². The van der Waals surface area contributed by atoms with Crippen molar-refractivity contribution in [1.82, 2.24) is 15.1 Å². The van der Waals surface area contributed by atoms with E-state index in [0.717, 1.165) is 18.8 Å². The lowest BCUT2D eigenvalue weighted by atomic mass is 9.82. The molecule has 0 saturated heterocycles. The second kappa shape index (κ2) is 6.08. The molecule has 0 radical (unpaired) electrons. The molecule has 3 heteroatoms. The van der Waals surface area contributed by atoms with E-state index in [-0.39, 0.29) is 0 Å². The number of nitrogens with one attached hydrogen (secondary N) is 1. The van der Waals surface area contributed by atoms with Crippen molar-refractivity contribution in [3.63, 3.8) is 0 Å². The van der Waals surface area contributed by atoms with Crippen LogP contribution >= 0.6 is 0 Å². The Kier molecular flexibility index (Phi) is 5.19. The number of hydrogen-bond donors (Lipinski definition) is 1. The van der Waals surface area contributed by atoms with Gasteiger partial charge in [0.15, 0.2) is 0 Å². The van der Waals surface area contributed by atoms with Gasteiger partial charge in [-0.3, -0.25) is 4.68 Å². The molecule has 0 aliphatic carbocycles. The molecule has 19 heavy (non-hydrogen) atoms. The molecule has 0 fully saturated rings. The highest BCUT2D eigenvalue weighted by atomic mass is 15.3. The molecule has 1 aromatic rings. The van der Waals surface area contributed by atoms with Crippen LogP contribution in [-0.4, -0.2) is 16.3 Å². The van der Waals surface area contributed by atoms with E-state index in [1.165, 1.54) is 11.3 Å². The van der Waals surface area contributed by atoms with Crippen LogP contribution in [-0.2, 0) is 6.54 Å². The van der Waals surface area contributed by atoms with Gasteiger partial charge in [0.1, 0.15) is 0 Å². The number of aromatic nitrogens is 2. The second-order valence-electron chi connectivity index (χ2n) is 6.80. The molecule has 3 nitrogen and oxygen atoms in total. The minimum absolute atomic E-state index is 0.352. The van der Waals surface area contributed by atoms with Crippen molar-refractivity contribution >= 4 is 0 Å². The summed E-state index contributed by atoms with van der Waals surface area (Å²) >= 11 is 0. The maximum absolute atomic E-state index is 4.60. The van der Waals surface area contributed by atoms with E-state index in [1.807, 2.05) is 0 Å². The molecule has 0 spiro atoms. The normalized spacial score (nSPS) is 15.6. The van der Waals surface area contributed by atoms with Gasteiger partial charge in [0, 0.05) is 23.8 Å². The van der Waals surface area contributed by atoms with Gasteiger partial charge in [-0.2, -0.15) is 5.10 Å². The van der Waals surface area contributed by atoms with Crippen LogP contribution < -0.4 is 5.32 Å². The maximum atomic E-state index is 4.60. The van der Waals surface area contributed by atoms with E-state index >= 15 is 0 Å². The largest absolute Gasteiger partial charge is 0.310 e. The Labute approximate surface area is 118 Å². The van der Waals surface area contributed by atoms with Crippen LogP contribution in [0.2, 0.25) is 0 Å². The summed E-state index contributed by atoms with van der Waals surface area (Å²) in [5, 5.41) is 8.27. The van der Waals surface area contributed by atoms with Crippen molar-refractivity contribution in [2.45, 2.75) is 68.0 Å². The highest BCUT2D eigenvalue weighted by Crippen LogP contribution is 2.26. The van der Waals surface area contributed by atoms with Crippen molar-refractivity contribution in [3.8, 4) is 0 Å². The molecular formula is C16H31N3. The van der Waals surface area contributed by atoms with E-state index in [1.54, 1.807) is 0 Å². The highest BCUT2D eigenvalue weighted by molar-refractivity contribution is 5.27. The molecule has 0 aromatic carbocycles. The first-order valence-corrected chi connectivity index (χ1v) is 7.45. The number of rotatable bonds is 5. The van der Waals surface area contributed by atoms with Gasteiger partial charge in [-0.1, -0.05) is 27.7 Å². The summed E-state index contributed by atoms with van der Waals surface area (Å²) in [7, 11) is 0. The van der Waals surface area contributed by atoms with E-state index < -0.39 is 0 Å². The van der Waals surface area contributed by atoms with Crippen LogP contribution in [0.25, 0.3) is 0 Å². The number of aryl methyl sites for hydroxylation is 2. The summed E-state index contributed by atoms with van der Waals surface area (Å²) in [6.45, 7) is 19.9. The van der Waals surface area contributed by atoms with Crippen molar-refractivity contribution in [3.05, 3.63) is 17.0 Å². The molecule has 1 aromatic heterocycles. The van der Waals surface area contributed by atoms with Gasteiger partial charge in [-0.15, -0.1) is 0 Å². The average molecular weight is 265 g/mol. The molecule has 2 atom stereocenters. The maximum Gasteiger partial charge on any atom is 0.0644 e. The topological polar surface area (TPSA) is 29.9 Å². The fourth-order valence-electron chi connectivity index (χ4n) is 2.41. The zero-order valence-corrected chi connectivity index (χ0v) is 14.0. The van der Waals surface area contributed by atoms with Crippen molar-refractivity contribution in [2.75, 3.05) is 6.54 Å². The summed E-state index contributed by atoms with van der Waals surface area (Å²) in [6, 6.07) is 0.366. The van der Waals surface area contributed by atoms with E-state index in [9.17, 15) is 0 Å². The minimum atomic E-state index is 0.352. The zero-order valence-electron chi connectivity index (χ0n) is 14.0. The Bertz CT molecular complexity index is 412. The molecule has 0 bridgehead atoms. The molecule has 1 rings (SSSR count). The van der Waals surface area contributed by atoms with Gasteiger partial charge >= 0.3 is 0 Å². The summed E-state index contributed by atoms with van der Waals surface area (Å²) in [5.74, 6) is 0.650. The minimum Gasteiger partial charge on any atom is -0.310 e. The summed E-state index contributed by atoms with van der Waals surface area (Å²) in [5.41, 5.74) is 4.17. The van der Waals surface area contributed by atoms with Crippen molar-refractivity contribution in [2.24, 2.45) is 11.3 Å². The number of hydrogen-bond acceptors (Lipinski definition) is 2. The van der Waals surface area contributed by atoms with Crippen LogP contribution in [0.4, 0.5) is 0 Å². The SMILES string of the molecule is CCn1nc(C)c(C(C)NCC(C)C(C)(C)C)c1C. The molecule has 0 amide bonds. The van der Waals surface area contributed by atoms with Crippen LogP contribution in [0.3, 0.4) is 0 Å². The van der Waals surface area contributed by atoms with Gasteiger partial charge in [-0.05, 0) is 45.6 Å². The fraction of sp³-hybridized carbons (Fsp3) is 0.812. The van der Waals surface area contributed by atoms with E-state index in [2.05, 4.69) is 70.5 Å². The average Bonchev–Trinajstić information content (AvgIpc) is 2.59. The lowest BCUT2D eigenvalue weighted by molar-refractivity contribution is 0.247. The fourth-order valence-corrected chi connectivity index (χ4v) is 2.41. The molecule has 0 aliphatic heterocycles. The molecule has 0 saturated carbocycles. The smallest absolute Gasteiger partial charge is 0.0644 e. The van der Waals surface area contributed by atoms with Crippen LogP contribution in [0.1, 0.15) is 64.5 Å². The van der Waals surface area contributed by atoms with Crippen molar-refractivity contribution < 1.29 is 0 Å². The predicted molar refractivity (Wildman–Crippen MR) is 82.4 cm³/mol. The van der Waals surface area contributed by atoms with Crippen LogP contribution in [0.5, 0.6) is 0 Å². The van der Waals surface area contributed by atoms with Gasteiger partial charge in [-0.25, -0.2) is 0 Å². The molecule has 0 aliphatic rings. The van der Waals surface area contributed by atoms with Crippen molar-refractivity contribution in [1.29, 1.82) is 0 Å². The van der Waals surface area contributed by atoms with Crippen LogP contribution in [0, 0.1) is 25.2 Å². The highest BCUT2D eigenvalue weighted by Gasteiger charge is 2.22. The standard InChI is InChI=1S/C16H31N3/c1-9-19-14(5)15(13(4)18-19)12(3)17-10-11(2)16(6,7)8/h11-12,17H,9-10H2,1-8H3. The quantitative estimate of drug-likeness (QED) is 0.876. The van der Waals surface area contributed by atoms with Gasteiger partial charge in [0.25, 0.3) is 0 Å². The summed E-state index contributed by atoms with van der Waals surface area (Å²) < 4.78 is 2.09. The molecular weight excluding hydrogens is 234 g/mol. The first-order valence-electron chi connectivity index (χ1n) is 7.45. The van der Waals surface area contributed by atoms with E-state index in [4.69, 9.17) is 0 Å². The molecule has 1 heterocycles. The molecule has 110 valence electrons. The Morgan fingerprint density at radius 2 is 1.79 bits per heavy atom. The molecule has 2 unspecified atom stereocenters. The molecule has 1 N–H and O–H groups in total. The lowest BCUT2D eigenvalue weighted by Gasteiger charge is -2.29. The zero-order chi connectivity index (χ0) is 14.8. The summed E-state index contributed by atoms with van der Waals surface area (Å²) in [6.07, 6.45) is 0. The third kappa shape index (κ3) is 3.82. The van der Waals surface area contributed by atoms with Gasteiger partial charge in [0.2, 0.25) is 0 Å². The Morgan fingerprint density at radius 3 is 2.21 bits per heavy atom. The predicted octanol–water partition coefficient (Wildman–Crippen LogP) is 3.85. The third-order valence-corrected chi connectivity index (χ3v) is 4.38. The Morgan fingerprint density at radius 1 is 1.21 bits per heavy atom. The van der Waals surface area contributed by atoms with Gasteiger partial charge in [0.05, 0.1) is 5.69 Å². The second-order valence-corrected chi connectivity index (χ2v) is 6.80. The van der Waals surface area contributed by atoms with E-state index in [0.29, 0.717) is 17.4 Å². The monoisotopic (exact) mass is 265 g/mol. The number of nitrogens with zero attached hydrogens (tertiary/aromatic N) is 2. The third-order valence-electron chi connectivity index (χ3n) is 4.38. The summed E-state index contributed by atoms with van der Waals surface area (Å²) in [4.78, 5) is 0. The Balaban J connectivity index is 2.74. The first-order chi connectivity index (χ1) is 8.68. The Hall–Kier alpha value is -0.830.